The summed E-state index contributed by atoms with van der Waals surface area (Å²) in [5.74, 6) is 4.54. The molecule has 3 unspecified atom stereocenters. The molecule has 0 bridgehead atoms. The first-order chi connectivity index (χ1) is 9.27. The van der Waals surface area contributed by atoms with Crippen LogP contribution in [0.2, 0.25) is 0 Å². The van der Waals surface area contributed by atoms with Gasteiger partial charge >= 0.3 is 0 Å². The number of thioether (sulfide) groups is 1. The van der Waals surface area contributed by atoms with Gasteiger partial charge in [0.25, 0.3) is 0 Å². The van der Waals surface area contributed by atoms with E-state index in [0.717, 1.165) is 23.3 Å². The zero-order valence-electron chi connectivity index (χ0n) is 11.9. The third-order valence-corrected chi connectivity index (χ3v) is 7.32. The minimum absolute atomic E-state index is 0.280. The number of hydrogen-bond donors (Lipinski definition) is 0. The van der Waals surface area contributed by atoms with Crippen LogP contribution < -0.4 is 0 Å². The molecule has 1 saturated carbocycles. The van der Waals surface area contributed by atoms with E-state index in [1.165, 1.54) is 69.3 Å². The molecule has 0 aromatic heterocycles. The van der Waals surface area contributed by atoms with E-state index in [4.69, 9.17) is 4.74 Å². The van der Waals surface area contributed by atoms with Gasteiger partial charge in [0.15, 0.2) is 0 Å². The summed E-state index contributed by atoms with van der Waals surface area (Å²) in [6, 6.07) is 0. The van der Waals surface area contributed by atoms with Crippen LogP contribution in [0.1, 0.15) is 57.8 Å². The van der Waals surface area contributed by atoms with Crippen LogP contribution in [-0.2, 0) is 4.74 Å². The first-order valence-electron chi connectivity index (χ1n) is 8.13. The van der Waals surface area contributed by atoms with Crippen molar-refractivity contribution in [3.63, 3.8) is 0 Å². The molecule has 110 valence electrons. The topological polar surface area (TPSA) is 9.23 Å². The van der Waals surface area contributed by atoms with E-state index in [9.17, 15) is 0 Å². The van der Waals surface area contributed by atoms with E-state index in [-0.39, 0.29) is 5.60 Å². The van der Waals surface area contributed by atoms with Gasteiger partial charge < -0.3 is 4.74 Å². The van der Waals surface area contributed by atoms with Crippen LogP contribution in [0.5, 0.6) is 0 Å². The Hall–Kier alpha value is 0.790. The lowest BCUT2D eigenvalue weighted by atomic mass is 9.74. The number of halogens is 1. The highest BCUT2D eigenvalue weighted by atomic mass is 79.9. The van der Waals surface area contributed by atoms with E-state index < -0.39 is 0 Å². The Morgan fingerprint density at radius 2 is 1.79 bits per heavy atom. The first-order valence-corrected chi connectivity index (χ1v) is 10.2. The summed E-state index contributed by atoms with van der Waals surface area (Å²) in [5, 5.41) is 0. The van der Waals surface area contributed by atoms with Crippen LogP contribution >= 0.6 is 27.7 Å². The summed E-state index contributed by atoms with van der Waals surface area (Å²) in [6.07, 6.45) is 12.4. The van der Waals surface area contributed by atoms with Crippen molar-refractivity contribution in [2.24, 2.45) is 11.8 Å². The zero-order valence-corrected chi connectivity index (χ0v) is 14.3. The lowest BCUT2D eigenvalue weighted by Crippen LogP contribution is -2.44. The van der Waals surface area contributed by atoms with E-state index in [1.54, 1.807) is 0 Å². The van der Waals surface area contributed by atoms with Gasteiger partial charge in [-0.15, -0.1) is 0 Å². The molecule has 3 aliphatic rings. The molecule has 1 nitrogen and oxygen atoms in total. The highest BCUT2D eigenvalue weighted by Gasteiger charge is 2.41. The predicted octanol–water partition coefficient (Wildman–Crippen LogP) is 5.02. The second kappa shape index (κ2) is 6.70. The lowest BCUT2D eigenvalue weighted by molar-refractivity contribution is -0.111. The van der Waals surface area contributed by atoms with Gasteiger partial charge in [0.05, 0.1) is 5.60 Å². The molecular weight excluding hydrogens is 320 g/mol. The molecule has 2 saturated heterocycles. The van der Waals surface area contributed by atoms with Crippen molar-refractivity contribution in [3.8, 4) is 0 Å². The molecule has 3 atom stereocenters. The van der Waals surface area contributed by atoms with Crippen LogP contribution in [0, 0.1) is 11.8 Å². The van der Waals surface area contributed by atoms with Crippen LogP contribution in [0.15, 0.2) is 0 Å². The molecular formula is C16H27BrOS. The average molecular weight is 347 g/mol. The molecule has 0 N–H and O–H groups in total. The Labute approximate surface area is 130 Å². The van der Waals surface area contributed by atoms with Gasteiger partial charge in [0.1, 0.15) is 0 Å². The Balaban J connectivity index is 1.63. The molecule has 0 amide bonds. The maximum absolute atomic E-state index is 6.26. The van der Waals surface area contributed by atoms with Crippen molar-refractivity contribution < 1.29 is 4.74 Å². The number of hydrogen-bond acceptors (Lipinski definition) is 2. The normalized spacial score (nSPS) is 39.9. The van der Waals surface area contributed by atoms with Crippen molar-refractivity contribution in [2.45, 2.75) is 68.2 Å². The fourth-order valence-corrected chi connectivity index (χ4v) is 6.37. The summed E-state index contributed by atoms with van der Waals surface area (Å²) in [7, 11) is 0. The number of alkyl halides is 1. The van der Waals surface area contributed by atoms with Crippen molar-refractivity contribution in [3.05, 3.63) is 0 Å². The SMILES string of the molecule is BrC1CCCCC(C2CCOC3(CCSCC3)C2)C1. The summed E-state index contributed by atoms with van der Waals surface area (Å²) < 4.78 is 6.26. The van der Waals surface area contributed by atoms with E-state index in [0.29, 0.717) is 0 Å². The summed E-state index contributed by atoms with van der Waals surface area (Å²) in [6.45, 7) is 1.03. The van der Waals surface area contributed by atoms with Crippen molar-refractivity contribution in [2.75, 3.05) is 18.1 Å². The van der Waals surface area contributed by atoms with E-state index >= 15 is 0 Å². The second-order valence-corrected chi connectivity index (χ2v) is 9.29. The van der Waals surface area contributed by atoms with Gasteiger partial charge in [-0.1, -0.05) is 35.2 Å². The first kappa shape index (κ1) is 14.7. The molecule has 3 rings (SSSR count). The van der Waals surface area contributed by atoms with Crippen molar-refractivity contribution in [1.82, 2.24) is 0 Å². The molecule has 2 heterocycles. The van der Waals surface area contributed by atoms with Gasteiger partial charge in [-0.05, 0) is 61.9 Å². The average Bonchev–Trinajstić information content (AvgIpc) is 2.64. The number of ether oxygens (including phenoxy) is 1. The highest BCUT2D eigenvalue weighted by Crippen LogP contribution is 2.45. The molecule has 1 spiro atoms. The summed E-state index contributed by atoms with van der Waals surface area (Å²) in [5.41, 5.74) is 0.280. The molecule has 3 fully saturated rings. The Kier molecular flexibility index (Phi) is 5.19. The van der Waals surface area contributed by atoms with Crippen LogP contribution in [0.25, 0.3) is 0 Å². The third kappa shape index (κ3) is 3.71. The molecule has 0 aromatic rings. The predicted molar refractivity (Wildman–Crippen MR) is 87.3 cm³/mol. The van der Waals surface area contributed by atoms with Crippen LogP contribution in [0.4, 0.5) is 0 Å². The van der Waals surface area contributed by atoms with Gasteiger partial charge in [-0.2, -0.15) is 11.8 Å². The minimum Gasteiger partial charge on any atom is -0.375 e. The number of rotatable bonds is 1. The molecule has 2 aliphatic heterocycles. The smallest absolute Gasteiger partial charge is 0.0701 e. The van der Waals surface area contributed by atoms with Crippen LogP contribution in [-0.4, -0.2) is 28.5 Å². The van der Waals surface area contributed by atoms with Crippen molar-refractivity contribution in [1.29, 1.82) is 0 Å². The molecule has 19 heavy (non-hydrogen) atoms. The Morgan fingerprint density at radius 3 is 2.63 bits per heavy atom. The van der Waals surface area contributed by atoms with Crippen molar-refractivity contribution >= 4 is 27.7 Å². The Morgan fingerprint density at radius 1 is 1.00 bits per heavy atom. The zero-order chi connectivity index (χ0) is 13.1. The standard InChI is InChI=1S/C16H27BrOS/c17-15-4-2-1-3-13(11-15)14-5-8-18-16(12-14)6-9-19-10-7-16/h13-15H,1-12H2. The fourth-order valence-electron chi connectivity index (χ4n) is 4.32. The monoisotopic (exact) mass is 346 g/mol. The van der Waals surface area contributed by atoms with E-state index in [1.807, 2.05) is 0 Å². The fraction of sp³-hybridized carbons (Fsp3) is 1.00. The second-order valence-electron chi connectivity index (χ2n) is 6.77. The molecule has 1 aliphatic carbocycles. The van der Waals surface area contributed by atoms with Crippen LogP contribution in [0.3, 0.4) is 0 Å². The molecule has 0 radical (unpaired) electrons. The van der Waals surface area contributed by atoms with Gasteiger partial charge in [0, 0.05) is 11.4 Å². The molecule has 3 heteroatoms. The van der Waals surface area contributed by atoms with Gasteiger partial charge in [0.2, 0.25) is 0 Å². The maximum atomic E-state index is 6.26. The Bertz CT molecular complexity index is 285. The highest BCUT2D eigenvalue weighted by molar-refractivity contribution is 9.09. The largest absolute Gasteiger partial charge is 0.375 e. The van der Waals surface area contributed by atoms with E-state index in [2.05, 4.69) is 27.7 Å². The maximum Gasteiger partial charge on any atom is 0.0701 e. The lowest BCUT2D eigenvalue weighted by Gasteiger charge is -2.45. The van der Waals surface area contributed by atoms with Gasteiger partial charge in [-0.3, -0.25) is 0 Å². The summed E-state index contributed by atoms with van der Waals surface area (Å²) >= 11 is 6.01. The molecule has 0 aromatic carbocycles. The van der Waals surface area contributed by atoms with Gasteiger partial charge in [-0.25, -0.2) is 0 Å². The third-order valence-electron chi connectivity index (χ3n) is 5.50. The quantitative estimate of drug-likeness (QED) is 0.486. The summed E-state index contributed by atoms with van der Waals surface area (Å²) in [4.78, 5) is 0.778. The minimum atomic E-state index is 0.280.